The molecule has 1 aliphatic heterocycles. The van der Waals surface area contributed by atoms with Crippen LogP contribution in [-0.2, 0) is 6.42 Å². The first-order valence-electron chi connectivity index (χ1n) is 7.12. The number of halogens is 1. The number of hydrogen-bond donors (Lipinski definition) is 1. The average Bonchev–Trinajstić information content (AvgIpc) is 2.74. The van der Waals surface area contributed by atoms with Gasteiger partial charge < -0.3 is 9.84 Å². The van der Waals surface area contributed by atoms with Crippen molar-refractivity contribution in [1.29, 1.82) is 0 Å². The third-order valence-corrected chi connectivity index (χ3v) is 4.02. The highest BCUT2D eigenvalue weighted by Crippen LogP contribution is 2.22. The predicted octanol–water partition coefficient (Wildman–Crippen LogP) is 3.52. The first-order valence-corrected chi connectivity index (χ1v) is 7.50. The number of hydrogen-bond acceptors (Lipinski definition) is 4. The molecule has 0 radical (unpaired) electrons. The van der Waals surface area contributed by atoms with Crippen molar-refractivity contribution in [2.75, 3.05) is 6.54 Å². The zero-order chi connectivity index (χ0) is 13.8. The second-order valence-electron chi connectivity index (χ2n) is 5.17. The molecule has 1 aromatic heterocycles. The van der Waals surface area contributed by atoms with Gasteiger partial charge in [0.1, 0.15) is 0 Å². The van der Waals surface area contributed by atoms with E-state index in [1.807, 2.05) is 24.3 Å². The van der Waals surface area contributed by atoms with Gasteiger partial charge in [-0.15, -0.1) is 0 Å². The van der Waals surface area contributed by atoms with E-state index < -0.39 is 0 Å². The molecule has 0 bridgehead atoms. The summed E-state index contributed by atoms with van der Waals surface area (Å²) in [5.74, 6) is 1.40. The van der Waals surface area contributed by atoms with E-state index in [4.69, 9.17) is 16.1 Å². The van der Waals surface area contributed by atoms with Crippen molar-refractivity contribution >= 4 is 11.6 Å². The quantitative estimate of drug-likeness (QED) is 0.940. The van der Waals surface area contributed by atoms with Crippen molar-refractivity contribution in [2.24, 2.45) is 0 Å². The molecule has 1 atom stereocenters. The molecule has 5 heteroatoms. The van der Waals surface area contributed by atoms with E-state index in [0.29, 0.717) is 12.3 Å². The van der Waals surface area contributed by atoms with Crippen LogP contribution in [0.2, 0.25) is 5.02 Å². The van der Waals surface area contributed by atoms with Crippen LogP contribution < -0.4 is 5.32 Å². The molecule has 1 fully saturated rings. The van der Waals surface area contributed by atoms with Crippen molar-refractivity contribution in [1.82, 2.24) is 15.5 Å². The van der Waals surface area contributed by atoms with Crippen LogP contribution in [0.3, 0.4) is 0 Å². The smallest absolute Gasteiger partial charge is 0.231 e. The Hall–Kier alpha value is -1.39. The molecule has 1 N–H and O–H groups in total. The van der Waals surface area contributed by atoms with Gasteiger partial charge in [0.2, 0.25) is 5.89 Å². The van der Waals surface area contributed by atoms with Crippen LogP contribution in [-0.4, -0.2) is 16.7 Å². The zero-order valence-corrected chi connectivity index (χ0v) is 12.1. The summed E-state index contributed by atoms with van der Waals surface area (Å²) in [7, 11) is 0. The Bertz CT molecular complexity index is 562. The molecule has 0 amide bonds. The van der Waals surface area contributed by atoms with Gasteiger partial charge in [-0.2, -0.15) is 4.98 Å². The van der Waals surface area contributed by atoms with Gasteiger partial charge >= 0.3 is 0 Å². The second kappa shape index (κ2) is 6.37. The normalized spacial score (nSPS) is 19.8. The molecule has 3 rings (SSSR count). The first-order chi connectivity index (χ1) is 9.83. The SMILES string of the molecule is Clc1ccccc1Cc1nc(C2CCCCCN2)no1. The molecule has 0 spiro atoms. The van der Waals surface area contributed by atoms with Gasteiger partial charge in [0.15, 0.2) is 5.82 Å². The summed E-state index contributed by atoms with van der Waals surface area (Å²) in [6.45, 7) is 1.03. The van der Waals surface area contributed by atoms with Gasteiger partial charge in [-0.1, -0.05) is 47.8 Å². The summed E-state index contributed by atoms with van der Waals surface area (Å²) >= 11 is 6.15. The fourth-order valence-corrected chi connectivity index (χ4v) is 2.74. The minimum Gasteiger partial charge on any atom is -0.339 e. The van der Waals surface area contributed by atoms with Crippen molar-refractivity contribution in [3.05, 3.63) is 46.6 Å². The molecule has 1 aliphatic rings. The maximum absolute atomic E-state index is 6.15. The third-order valence-electron chi connectivity index (χ3n) is 3.66. The molecule has 0 saturated carbocycles. The Morgan fingerprint density at radius 1 is 1.25 bits per heavy atom. The summed E-state index contributed by atoms with van der Waals surface area (Å²) in [6.07, 6.45) is 5.37. The fraction of sp³-hybridized carbons (Fsp3) is 0.467. The maximum Gasteiger partial charge on any atom is 0.231 e. The number of aromatic nitrogens is 2. The number of rotatable bonds is 3. The van der Waals surface area contributed by atoms with E-state index in [1.165, 1.54) is 19.3 Å². The highest BCUT2D eigenvalue weighted by atomic mass is 35.5. The topological polar surface area (TPSA) is 51.0 Å². The van der Waals surface area contributed by atoms with Crippen LogP contribution >= 0.6 is 11.6 Å². The predicted molar refractivity (Wildman–Crippen MR) is 77.8 cm³/mol. The minimum atomic E-state index is 0.223. The summed E-state index contributed by atoms with van der Waals surface area (Å²) < 4.78 is 5.36. The molecule has 2 aromatic rings. The second-order valence-corrected chi connectivity index (χ2v) is 5.58. The van der Waals surface area contributed by atoms with Gasteiger partial charge in [-0.3, -0.25) is 0 Å². The van der Waals surface area contributed by atoms with Crippen LogP contribution in [0.1, 0.15) is 49.0 Å². The minimum absolute atomic E-state index is 0.223. The number of nitrogens with one attached hydrogen (secondary N) is 1. The Labute approximate surface area is 123 Å². The third kappa shape index (κ3) is 3.19. The van der Waals surface area contributed by atoms with Crippen LogP contribution in [0.15, 0.2) is 28.8 Å². The van der Waals surface area contributed by atoms with Gasteiger partial charge in [-0.05, 0) is 31.0 Å². The van der Waals surface area contributed by atoms with Crippen LogP contribution in [0.4, 0.5) is 0 Å². The average molecular weight is 292 g/mol. The number of nitrogens with zero attached hydrogens (tertiary/aromatic N) is 2. The lowest BCUT2D eigenvalue weighted by Gasteiger charge is -2.09. The first kappa shape index (κ1) is 13.6. The van der Waals surface area contributed by atoms with E-state index in [1.54, 1.807) is 0 Å². The monoisotopic (exact) mass is 291 g/mol. The maximum atomic E-state index is 6.15. The highest BCUT2D eigenvalue weighted by molar-refractivity contribution is 6.31. The van der Waals surface area contributed by atoms with Crippen LogP contribution in [0.25, 0.3) is 0 Å². The lowest BCUT2D eigenvalue weighted by atomic mass is 10.1. The van der Waals surface area contributed by atoms with Crippen molar-refractivity contribution in [2.45, 2.75) is 38.1 Å². The van der Waals surface area contributed by atoms with Crippen LogP contribution in [0, 0.1) is 0 Å². The largest absolute Gasteiger partial charge is 0.339 e. The molecular formula is C15H18ClN3O. The van der Waals surface area contributed by atoms with E-state index in [2.05, 4.69) is 15.5 Å². The summed E-state index contributed by atoms with van der Waals surface area (Å²) in [5.41, 5.74) is 1.01. The lowest BCUT2D eigenvalue weighted by molar-refractivity contribution is 0.369. The molecule has 106 valence electrons. The standard InChI is InChI=1S/C15H18ClN3O/c16-12-7-4-3-6-11(12)10-14-18-15(19-20-14)13-8-2-1-5-9-17-13/h3-4,6-7,13,17H,1-2,5,8-10H2. The summed E-state index contributed by atoms with van der Waals surface area (Å²) in [5, 5.41) is 8.33. The molecule has 1 saturated heterocycles. The Balaban J connectivity index is 1.71. The van der Waals surface area contributed by atoms with Crippen molar-refractivity contribution in [3.63, 3.8) is 0 Å². The van der Waals surface area contributed by atoms with E-state index in [-0.39, 0.29) is 6.04 Å². The summed E-state index contributed by atoms with van der Waals surface area (Å²) in [4.78, 5) is 4.51. The molecule has 20 heavy (non-hydrogen) atoms. The Kier molecular flexibility index (Phi) is 4.33. The van der Waals surface area contributed by atoms with Crippen LogP contribution in [0.5, 0.6) is 0 Å². The van der Waals surface area contributed by atoms with Gasteiger partial charge in [0.05, 0.1) is 12.5 Å². The number of benzene rings is 1. The van der Waals surface area contributed by atoms with E-state index >= 15 is 0 Å². The highest BCUT2D eigenvalue weighted by Gasteiger charge is 2.19. The molecule has 0 aliphatic carbocycles. The molecular weight excluding hydrogens is 274 g/mol. The molecule has 1 aromatic carbocycles. The van der Waals surface area contributed by atoms with Crippen molar-refractivity contribution in [3.8, 4) is 0 Å². The lowest BCUT2D eigenvalue weighted by Crippen LogP contribution is -2.21. The zero-order valence-electron chi connectivity index (χ0n) is 11.3. The summed E-state index contributed by atoms with van der Waals surface area (Å²) in [6, 6.07) is 7.96. The van der Waals surface area contributed by atoms with E-state index in [0.717, 1.165) is 29.4 Å². The van der Waals surface area contributed by atoms with Gasteiger partial charge in [0.25, 0.3) is 0 Å². The molecule has 1 unspecified atom stereocenters. The molecule has 4 nitrogen and oxygen atoms in total. The Morgan fingerprint density at radius 3 is 3.05 bits per heavy atom. The van der Waals surface area contributed by atoms with Gasteiger partial charge in [0, 0.05) is 5.02 Å². The fourth-order valence-electron chi connectivity index (χ4n) is 2.54. The Morgan fingerprint density at radius 2 is 2.15 bits per heavy atom. The molecule has 2 heterocycles. The van der Waals surface area contributed by atoms with E-state index in [9.17, 15) is 0 Å². The van der Waals surface area contributed by atoms with Gasteiger partial charge in [-0.25, -0.2) is 0 Å². The van der Waals surface area contributed by atoms with Crippen molar-refractivity contribution < 1.29 is 4.52 Å².